The first kappa shape index (κ1) is 14.6. The zero-order chi connectivity index (χ0) is 15.3. The molecular formula is C13H9F6N. The van der Waals surface area contributed by atoms with E-state index in [0.717, 1.165) is 0 Å². The van der Waals surface area contributed by atoms with Gasteiger partial charge in [0.1, 0.15) is 0 Å². The topological polar surface area (TPSA) is 12.9 Å². The van der Waals surface area contributed by atoms with Crippen molar-refractivity contribution in [1.82, 2.24) is 4.98 Å². The van der Waals surface area contributed by atoms with E-state index in [1.54, 1.807) is 0 Å². The number of alkyl halides is 6. The van der Waals surface area contributed by atoms with E-state index in [4.69, 9.17) is 0 Å². The highest BCUT2D eigenvalue weighted by Crippen LogP contribution is 2.40. The van der Waals surface area contributed by atoms with Gasteiger partial charge in [-0.05, 0) is 37.6 Å². The minimum absolute atomic E-state index is 0.105. The van der Waals surface area contributed by atoms with E-state index >= 15 is 0 Å². The molecule has 1 aromatic heterocycles. The number of nitrogens with zero attached hydrogens (tertiary/aromatic N) is 1. The van der Waals surface area contributed by atoms with Crippen LogP contribution in [0.1, 0.15) is 22.4 Å². The third-order valence-electron chi connectivity index (χ3n) is 2.88. The smallest absolute Gasteiger partial charge is 0.252 e. The molecule has 0 saturated heterocycles. The van der Waals surface area contributed by atoms with E-state index in [1.165, 1.54) is 19.9 Å². The largest absolute Gasteiger partial charge is 0.418 e. The molecule has 0 spiro atoms. The Balaban J connectivity index is 2.93. The Morgan fingerprint density at radius 1 is 0.850 bits per heavy atom. The number of aryl methyl sites for hydroxylation is 2. The summed E-state index contributed by atoms with van der Waals surface area (Å²) < 4.78 is 76.9. The maximum absolute atomic E-state index is 12.9. The number of benzene rings is 1. The lowest BCUT2D eigenvalue weighted by Gasteiger charge is -2.15. The van der Waals surface area contributed by atoms with Gasteiger partial charge in [-0.2, -0.15) is 26.3 Å². The predicted octanol–water partition coefficient (Wildman–Crippen LogP) is 4.89. The van der Waals surface area contributed by atoms with Crippen molar-refractivity contribution in [2.45, 2.75) is 26.2 Å². The summed E-state index contributed by atoms with van der Waals surface area (Å²) in [4.78, 5) is 3.74. The molecule has 1 aromatic carbocycles. The maximum Gasteiger partial charge on any atom is 0.418 e. The fourth-order valence-electron chi connectivity index (χ4n) is 2.03. The standard InChI is InChI=1S/C13H9F6N/c1-6-3-7(2)20-11-9(6)4-8(12(14,15)16)5-10(11)13(17,18)19/h3-5H,1-2H3. The Morgan fingerprint density at radius 2 is 1.45 bits per heavy atom. The Kier molecular flexibility index (Phi) is 3.19. The summed E-state index contributed by atoms with van der Waals surface area (Å²) in [6.07, 6.45) is -9.74. The van der Waals surface area contributed by atoms with Gasteiger partial charge >= 0.3 is 12.4 Å². The first-order valence-corrected chi connectivity index (χ1v) is 5.56. The van der Waals surface area contributed by atoms with E-state index in [-0.39, 0.29) is 11.5 Å². The fraction of sp³-hybridized carbons (Fsp3) is 0.308. The van der Waals surface area contributed by atoms with Gasteiger partial charge in [0, 0.05) is 11.1 Å². The second-order valence-corrected chi connectivity index (χ2v) is 4.50. The van der Waals surface area contributed by atoms with Crippen LogP contribution in [0.2, 0.25) is 0 Å². The quantitative estimate of drug-likeness (QED) is 0.630. The van der Waals surface area contributed by atoms with Gasteiger partial charge in [0.15, 0.2) is 0 Å². The van der Waals surface area contributed by atoms with Crippen LogP contribution < -0.4 is 0 Å². The highest BCUT2D eigenvalue weighted by Gasteiger charge is 2.38. The average molecular weight is 293 g/mol. The number of fused-ring (bicyclic) bond motifs is 1. The summed E-state index contributed by atoms with van der Waals surface area (Å²) in [6.45, 7) is 2.95. The van der Waals surface area contributed by atoms with Crippen LogP contribution in [0.15, 0.2) is 18.2 Å². The van der Waals surface area contributed by atoms with Crippen molar-refractivity contribution >= 4 is 10.9 Å². The van der Waals surface area contributed by atoms with Gasteiger partial charge in [0.25, 0.3) is 0 Å². The monoisotopic (exact) mass is 293 g/mol. The number of pyridine rings is 1. The van der Waals surface area contributed by atoms with Crippen LogP contribution >= 0.6 is 0 Å². The van der Waals surface area contributed by atoms with Gasteiger partial charge < -0.3 is 0 Å². The van der Waals surface area contributed by atoms with Crippen LogP contribution in [0.25, 0.3) is 10.9 Å². The molecule has 2 rings (SSSR count). The molecule has 0 aliphatic carbocycles. The Bertz CT molecular complexity index is 669. The molecule has 1 nitrogen and oxygen atoms in total. The normalized spacial score (nSPS) is 13.0. The minimum Gasteiger partial charge on any atom is -0.252 e. The lowest BCUT2D eigenvalue weighted by atomic mass is 10.0. The van der Waals surface area contributed by atoms with Crippen molar-refractivity contribution in [3.05, 3.63) is 40.6 Å². The summed E-state index contributed by atoms with van der Waals surface area (Å²) in [5, 5.41) is -0.141. The first-order chi connectivity index (χ1) is 9.00. The molecule has 0 atom stereocenters. The van der Waals surface area contributed by atoms with Crippen molar-refractivity contribution in [2.24, 2.45) is 0 Å². The fourth-order valence-corrected chi connectivity index (χ4v) is 2.03. The van der Waals surface area contributed by atoms with Gasteiger partial charge in [-0.3, -0.25) is 4.98 Å². The molecule has 0 fully saturated rings. The van der Waals surface area contributed by atoms with Gasteiger partial charge in [-0.1, -0.05) is 0 Å². The number of halogens is 6. The molecule has 0 aliphatic rings. The van der Waals surface area contributed by atoms with Crippen LogP contribution in [-0.2, 0) is 12.4 Å². The van der Waals surface area contributed by atoms with Crippen molar-refractivity contribution < 1.29 is 26.3 Å². The SMILES string of the molecule is Cc1cc(C)c2cc(C(F)(F)F)cc(C(F)(F)F)c2n1. The summed E-state index contributed by atoms with van der Waals surface area (Å²) in [5.74, 6) is 0. The molecule has 0 unspecified atom stereocenters. The van der Waals surface area contributed by atoms with E-state index < -0.39 is 29.0 Å². The lowest BCUT2D eigenvalue weighted by molar-refractivity contribution is -0.142. The Morgan fingerprint density at radius 3 is 1.95 bits per heavy atom. The molecule has 0 amide bonds. The molecule has 108 valence electrons. The third-order valence-corrected chi connectivity index (χ3v) is 2.88. The minimum atomic E-state index is -4.90. The summed E-state index contributed by atoms with van der Waals surface area (Å²) in [6, 6.07) is 2.25. The van der Waals surface area contributed by atoms with Crippen LogP contribution in [-0.4, -0.2) is 4.98 Å². The zero-order valence-electron chi connectivity index (χ0n) is 10.4. The maximum atomic E-state index is 12.9. The molecule has 7 heteroatoms. The number of hydrogen-bond acceptors (Lipinski definition) is 1. The third kappa shape index (κ3) is 2.57. The molecule has 0 aliphatic heterocycles. The van der Waals surface area contributed by atoms with Gasteiger partial charge in [-0.25, -0.2) is 0 Å². The highest BCUT2D eigenvalue weighted by atomic mass is 19.4. The van der Waals surface area contributed by atoms with E-state index in [2.05, 4.69) is 4.98 Å². The summed E-state index contributed by atoms with van der Waals surface area (Å²) in [5.41, 5.74) is -2.51. The summed E-state index contributed by atoms with van der Waals surface area (Å²) >= 11 is 0. The van der Waals surface area contributed by atoms with Crippen molar-refractivity contribution in [2.75, 3.05) is 0 Å². The Labute approximate surface area is 110 Å². The van der Waals surface area contributed by atoms with Gasteiger partial charge in [-0.15, -0.1) is 0 Å². The molecule has 0 saturated carbocycles. The van der Waals surface area contributed by atoms with Crippen molar-refractivity contribution in [1.29, 1.82) is 0 Å². The highest BCUT2D eigenvalue weighted by molar-refractivity contribution is 5.86. The molecule has 1 heterocycles. The molecule has 0 N–H and O–H groups in total. The molecule has 0 bridgehead atoms. The van der Waals surface area contributed by atoms with Crippen LogP contribution in [0.3, 0.4) is 0 Å². The van der Waals surface area contributed by atoms with Crippen LogP contribution in [0.4, 0.5) is 26.3 Å². The second-order valence-electron chi connectivity index (χ2n) is 4.50. The Hall–Kier alpha value is -1.79. The van der Waals surface area contributed by atoms with Gasteiger partial charge in [0.05, 0.1) is 16.6 Å². The molecule has 20 heavy (non-hydrogen) atoms. The first-order valence-electron chi connectivity index (χ1n) is 5.56. The lowest BCUT2D eigenvalue weighted by Crippen LogP contribution is -2.12. The van der Waals surface area contributed by atoms with Crippen molar-refractivity contribution in [3.63, 3.8) is 0 Å². The number of hydrogen-bond donors (Lipinski definition) is 0. The average Bonchev–Trinajstić information content (AvgIpc) is 2.24. The van der Waals surface area contributed by atoms with Gasteiger partial charge in [0.2, 0.25) is 0 Å². The van der Waals surface area contributed by atoms with E-state index in [9.17, 15) is 26.3 Å². The molecule has 0 radical (unpaired) electrons. The second kappa shape index (κ2) is 4.36. The van der Waals surface area contributed by atoms with Crippen molar-refractivity contribution in [3.8, 4) is 0 Å². The van der Waals surface area contributed by atoms with E-state index in [0.29, 0.717) is 17.3 Å². The van der Waals surface area contributed by atoms with Crippen LogP contribution in [0, 0.1) is 13.8 Å². The van der Waals surface area contributed by atoms with Crippen LogP contribution in [0.5, 0.6) is 0 Å². The number of aromatic nitrogens is 1. The molecule has 2 aromatic rings. The number of rotatable bonds is 0. The zero-order valence-corrected chi connectivity index (χ0v) is 10.4. The predicted molar refractivity (Wildman–Crippen MR) is 61.2 cm³/mol. The van der Waals surface area contributed by atoms with E-state index in [1.807, 2.05) is 0 Å². The summed E-state index contributed by atoms with van der Waals surface area (Å²) in [7, 11) is 0. The molecular weight excluding hydrogens is 284 g/mol.